The van der Waals surface area contributed by atoms with Crippen molar-refractivity contribution in [2.24, 2.45) is 0 Å². The molecule has 0 spiro atoms. The molecular formula is C19H23NO3. The molecule has 2 aromatic rings. The maximum Gasteiger partial charge on any atom is 0.258 e. The van der Waals surface area contributed by atoms with E-state index in [1.165, 1.54) is 5.56 Å². The van der Waals surface area contributed by atoms with Crippen LogP contribution < -0.4 is 14.8 Å². The number of nitrogens with one attached hydrogen (secondary N) is 1. The molecule has 2 rings (SSSR count). The van der Waals surface area contributed by atoms with E-state index in [4.69, 9.17) is 9.47 Å². The first kappa shape index (κ1) is 16.9. The van der Waals surface area contributed by atoms with Crippen LogP contribution in [0.15, 0.2) is 36.4 Å². The quantitative estimate of drug-likeness (QED) is 0.890. The molecule has 1 amide bonds. The summed E-state index contributed by atoms with van der Waals surface area (Å²) in [6.07, 6.45) is 0. The number of hydrogen-bond acceptors (Lipinski definition) is 3. The van der Waals surface area contributed by atoms with Gasteiger partial charge in [-0.15, -0.1) is 0 Å². The molecule has 0 fully saturated rings. The van der Waals surface area contributed by atoms with Gasteiger partial charge in [0.15, 0.2) is 6.61 Å². The van der Waals surface area contributed by atoms with Crippen LogP contribution in [0.25, 0.3) is 0 Å². The van der Waals surface area contributed by atoms with E-state index in [0.29, 0.717) is 6.54 Å². The maximum absolute atomic E-state index is 12.0. The minimum Gasteiger partial charge on any atom is -0.496 e. The van der Waals surface area contributed by atoms with Crippen molar-refractivity contribution in [2.75, 3.05) is 13.7 Å². The van der Waals surface area contributed by atoms with Crippen LogP contribution in [0.1, 0.15) is 22.3 Å². The highest BCUT2D eigenvalue weighted by molar-refractivity contribution is 5.77. The van der Waals surface area contributed by atoms with Gasteiger partial charge in [-0.1, -0.05) is 35.9 Å². The number of amides is 1. The molecule has 0 aliphatic carbocycles. The smallest absolute Gasteiger partial charge is 0.258 e. The van der Waals surface area contributed by atoms with Gasteiger partial charge in [0.2, 0.25) is 0 Å². The molecule has 0 radical (unpaired) electrons. The SMILES string of the molecule is COc1ccccc1CNC(=O)COc1c(C)cc(C)cc1C. The molecule has 23 heavy (non-hydrogen) atoms. The maximum atomic E-state index is 12.0. The summed E-state index contributed by atoms with van der Waals surface area (Å²) in [5.41, 5.74) is 4.21. The highest BCUT2D eigenvalue weighted by atomic mass is 16.5. The summed E-state index contributed by atoms with van der Waals surface area (Å²) in [5, 5.41) is 2.85. The minimum atomic E-state index is -0.157. The van der Waals surface area contributed by atoms with Gasteiger partial charge < -0.3 is 14.8 Å². The van der Waals surface area contributed by atoms with Gasteiger partial charge in [-0.05, 0) is 38.0 Å². The van der Waals surface area contributed by atoms with Crippen LogP contribution in [-0.2, 0) is 11.3 Å². The van der Waals surface area contributed by atoms with Gasteiger partial charge in [-0.2, -0.15) is 0 Å². The zero-order valence-corrected chi connectivity index (χ0v) is 14.1. The van der Waals surface area contributed by atoms with Gasteiger partial charge >= 0.3 is 0 Å². The normalized spacial score (nSPS) is 10.3. The summed E-state index contributed by atoms with van der Waals surface area (Å²) >= 11 is 0. The Morgan fingerprint density at radius 3 is 2.39 bits per heavy atom. The fraction of sp³-hybridized carbons (Fsp3) is 0.316. The first-order valence-electron chi connectivity index (χ1n) is 7.60. The largest absolute Gasteiger partial charge is 0.496 e. The molecule has 0 unspecified atom stereocenters. The molecule has 4 heteroatoms. The number of carbonyl (C=O) groups excluding carboxylic acids is 1. The summed E-state index contributed by atoms with van der Waals surface area (Å²) in [4.78, 5) is 12.0. The van der Waals surface area contributed by atoms with E-state index in [-0.39, 0.29) is 12.5 Å². The van der Waals surface area contributed by atoms with Crippen LogP contribution in [0, 0.1) is 20.8 Å². The van der Waals surface area contributed by atoms with Crippen molar-refractivity contribution in [3.63, 3.8) is 0 Å². The molecule has 0 aromatic heterocycles. The lowest BCUT2D eigenvalue weighted by molar-refractivity contribution is -0.123. The number of benzene rings is 2. The fourth-order valence-electron chi connectivity index (χ4n) is 2.63. The Hall–Kier alpha value is -2.49. The van der Waals surface area contributed by atoms with Crippen LogP contribution >= 0.6 is 0 Å². The second-order valence-electron chi connectivity index (χ2n) is 5.61. The lowest BCUT2D eigenvalue weighted by Crippen LogP contribution is -2.28. The zero-order valence-electron chi connectivity index (χ0n) is 14.1. The van der Waals surface area contributed by atoms with Crippen LogP contribution in [-0.4, -0.2) is 19.6 Å². The standard InChI is InChI=1S/C19H23NO3/c1-13-9-14(2)19(15(3)10-13)23-12-18(21)20-11-16-7-5-6-8-17(16)22-4/h5-10H,11-12H2,1-4H3,(H,20,21). The van der Waals surface area contributed by atoms with E-state index in [1.54, 1.807) is 7.11 Å². The predicted octanol–water partition coefficient (Wildman–Crippen LogP) is 3.32. The Morgan fingerprint density at radius 1 is 1.09 bits per heavy atom. The van der Waals surface area contributed by atoms with Gasteiger partial charge in [-0.25, -0.2) is 0 Å². The number of ether oxygens (including phenoxy) is 2. The van der Waals surface area contributed by atoms with Crippen LogP contribution in [0.5, 0.6) is 11.5 Å². The third-order valence-electron chi connectivity index (χ3n) is 3.62. The van der Waals surface area contributed by atoms with Gasteiger partial charge in [0.1, 0.15) is 11.5 Å². The molecular weight excluding hydrogens is 290 g/mol. The minimum absolute atomic E-state index is 0.000109. The van der Waals surface area contributed by atoms with Crippen LogP contribution in [0.3, 0.4) is 0 Å². The summed E-state index contributed by atoms with van der Waals surface area (Å²) in [6, 6.07) is 11.7. The molecule has 0 bridgehead atoms. The van der Waals surface area contributed by atoms with E-state index < -0.39 is 0 Å². The Labute approximate surface area is 137 Å². The molecule has 2 aromatic carbocycles. The van der Waals surface area contributed by atoms with Crippen LogP contribution in [0.4, 0.5) is 0 Å². The molecule has 122 valence electrons. The second kappa shape index (κ2) is 7.68. The second-order valence-corrected chi connectivity index (χ2v) is 5.61. The van der Waals surface area contributed by atoms with Crippen molar-refractivity contribution < 1.29 is 14.3 Å². The number of rotatable bonds is 6. The fourth-order valence-corrected chi connectivity index (χ4v) is 2.63. The van der Waals surface area contributed by atoms with E-state index in [0.717, 1.165) is 28.2 Å². The van der Waals surface area contributed by atoms with Gasteiger partial charge in [0.05, 0.1) is 7.11 Å². The molecule has 1 N–H and O–H groups in total. The van der Waals surface area contributed by atoms with Gasteiger partial charge in [0.25, 0.3) is 5.91 Å². The average molecular weight is 313 g/mol. The Bertz CT molecular complexity index is 672. The summed E-state index contributed by atoms with van der Waals surface area (Å²) in [5.74, 6) is 1.39. The molecule has 0 atom stereocenters. The molecule has 0 heterocycles. The summed E-state index contributed by atoms with van der Waals surface area (Å²) < 4.78 is 11.0. The monoisotopic (exact) mass is 313 g/mol. The molecule has 0 aliphatic rings. The number of methoxy groups -OCH3 is 1. The van der Waals surface area contributed by atoms with Crippen LogP contribution in [0.2, 0.25) is 0 Å². The van der Waals surface area contributed by atoms with E-state index >= 15 is 0 Å². The Balaban J connectivity index is 1.91. The highest BCUT2D eigenvalue weighted by Crippen LogP contribution is 2.24. The lowest BCUT2D eigenvalue weighted by atomic mass is 10.1. The van der Waals surface area contributed by atoms with E-state index in [2.05, 4.69) is 17.4 Å². The first-order valence-corrected chi connectivity index (χ1v) is 7.60. The third kappa shape index (κ3) is 4.49. The van der Waals surface area contributed by atoms with E-state index in [9.17, 15) is 4.79 Å². The van der Waals surface area contributed by atoms with E-state index in [1.807, 2.05) is 45.0 Å². The third-order valence-corrected chi connectivity index (χ3v) is 3.62. The Morgan fingerprint density at radius 2 is 1.74 bits per heavy atom. The van der Waals surface area contributed by atoms with Crippen molar-refractivity contribution in [3.8, 4) is 11.5 Å². The molecule has 0 saturated carbocycles. The van der Waals surface area contributed by atoms with Crippen molar-refractivity contribution in [2.45, 2.75) is 27.3 Å². The van der Waals surface area contributed by atoms with Crippen molar-refractivity contribution in [1.29, 1.82) is 0 Å². The molecule has 0 aliphatic heterocycles. The van der Waals surface area contributed by atoms with Gasteiger partial charge in [-0.3, -0.25) is 4.79 Å². The summed E-state index contributed by atoms with van der Waals surface area (Å²) in [7, 11) is 1.62. The highest BCUT2D eigenvalue weighted by Gasteiger charge is 2.09. The number of para-hydroxylation sites is 1. The predicted molar refractivity (Wildman–Crippen MR) is 91.0 cm³/mol. The number of hydrogen-bond donors (Lipinski definition) is 1. The summed E-state index contributed by atoms with van der Waals surface area (Å²) in [6.45, 7) is 6.44. The molecule has 0 saturated heterocycles. The average Bonchev–Trinajstić information content (AvgIpc) is 2.52. The topological polar surface area (TPSA) is 47.6 Å². The van der Waals surface area contributed by atoms with Crippen molar-refractivity contribution in [1.82, 2.24) is 5.32 Å². The number of carbonyl (C=O) groups is 1. The van der Waals surface area contributed by atoms with Gasteiger partial charge in [0, 0.05) is 12.1 Å². The van der Waals surface area contributed by atoms with Crippen molar-refractivity contribution in [3.05, 3.63) is 58.7 Å². The zero-order chi connectivity index (χ0) is 16.8. The van der Waals surface area contributed by atoms with Crippen molar-refractivity contribution >= 4 is 5.91 Å². The lowest BCUT2D eigenvalue weighted by Gasteiger charge is -2.13. The number of aryl methyl sites for hydroxylation is 3. The Kier molecular flexibility index (Phi) is 5.63. The molecule has 4 nitrogen and oxygen atoms in total. The first-order chi connectivity index (χ1) is 11.0.